The molecule has 7 fully saturated rings. The molecule has 22 atom stereocenters. The number of aliphatic carboxylic acids is 1. The van der Waals surface area contributed by atoms with Gasteiger partial charge >= 0.3 is 5.97 Å². The van der Waals surface area contributed by atoms with Crippen LogP contribution in [0.1, 0.15) is 106 Å². The second kappa shape index (κ2) is 17.2. The Hall–Kier alpha value is -1.43. The molecular formula is C47H76O18. The first-order valence-corrected chi connectivity index (χ1v) is 23.8. The first kappa shape index (κ1) is 50.0. The number of fused-ring (bicyclic) bond motifs is 7. The van der Waals surface area contributed by atoms with E-state index in [-0.39, 0.29) is 34.0 Å². The average Bonchev–Trinajstić information content (AvgIpc) is 3.52. The molecular weight excluding hydrogens is 852 g/mol. The normalized spacial score (nSPS) is 53.8. The Kier molecular flexibility index (Phi) is 13.2. The zero-order chi connectivity index (χ0) is 47.6. The van der Waals surface area contributed by atoms with Crippen LogP contribution < -0.4 is 0 Å². The molecule has 4 saturated carbocycles. The van der Waals surface area contributed by atoms with Gasteiger partial charge in [0.2, 0.25) is 0 Å². The zero-order valence-corrected chi connectivity index (χ0v) is 38.9. The van der Waals surface area contributed by atoms with Crippen LogP contribution in [0.25, 0.3) is 0 Å². The molecule has 0 radical (unpaired) electrons. The van der Waals surface area contributed by atoms with Gasteiger partial charge in [0.15, 0.2) is 18.9 Å². The highest BCUT2D eigenvalue weighted by Crippen LogP contribution is 2.76. The van der Waals surface area contributed by atoms with Crippen molar-refractivity contribution in [3.05, 3.63) is 11.6 Å². The summed E-state index contributed by atoms with van der Waals surface area (Å²) in [4.78, 5) is 13.2. The smallest absolute Gasteiger partial charge is 0.312 e. The SMILES string of the molecule is CC1(C)CC[C@@]2(C(=O)O)[C@H](O)C[C@@]3(C)C(=CC[C@H]4[C@]5(C)CC[C@@H](O[C@H]6O[C@@H](CO)[C@H](O)[C@@H](O)[C@@H]6O[C@@H]6O[C@H](CO)[C@@H](O)[C@H](O)[C@@H]6O[C@@H]6OC[C@@](O)(CO)[C@@H]6O)C(C)(C)[C@@H]5CC[C@]43C)[C@@H]2C1. The highest BCUT2D eigenvalue weighted by molar-refractivity contribution is 5.77. The molecule has 11 N–H and O–H groups in total. The van der Waals surface area contributed by atoms with Crippen molar-refractivity contribution in [3.63, 3.8) is 0 Å². The second-order valence-corrected chi connectivity index (χ2v) is 23.3. The predicted octanol–water partition coefficient (Wildman–Crippen LogP) is 0.318. The Morgan fingerprint density at radius 2 is 1.31 bits per heavy atom. The maximum Gasteiger partial charge on any atom is 0.312 e. The summed E-state index contributed by atoms with van der Waals surface area (Å²) in [5.74, 6) is -0.866. The molecule has 0 unspecified atom stereocenters. The Labute approximate surface area is 380 Å². The van der Waals surface area contributed by atoms with E-state index < -0.39 is 140 Å². The van der Waals surface area contributed by atoms with E-state index >= 15 is 0 Å². The Morgan fingerprint density at radius 1 is 0.723 bits per heavy atom. The minimum absolute atomic E-state index is 0.0583. The van der Waals surface area contributed by atoms with Crippen LogP contribution in [0.15, 0.2) is 11.6 Å². The average molecular weight is 929 g/mol. The molecule has 0 aromatic rings. The number of rotatable bonds is 10. The van der Waals surface area contributed by atoms with Gasteiger partial charge in [0, 0.05) is 0 Å². The third kappa shape index (κ3) is 7.53. The molecule has 3 aliphatic heterocycles. The number of hydrogen-bond acceptors (Lipinski definition) is 17. The van der Waals surface area contributed by atoms with Crippen molar-refractivity contribution >= 4 is 5.97 Å². The third-order valence-electron chi connectivity index (χ3n) is 19.1. The molecule has 8 rings (SSSR count). The first-order valence-electron chi connectivity index (χ1n) is 23.8. The van der Waals surface area contributed by atoms with Gasteiger partial charge < -0.3 is 84.6 Å². The van der Waals surface area contributed by atoms with Crippen LogP contribution in [0.4, 0.5) is 0 Å². The predicted molar refractivity (Wildman–Crippen MR) is 226 cm³/mol. The largest absolute Gasteiger partial charge is 0.481 e. The summed E-state index contributed by atoms with van der Waals surface area (Å²) in [6.45, 7) is 12.8. The number of carboxylic acid groups (broad SMARTS) is 1. The van der Waals surface area contributed by atoms with E-state index in [0.717, 1.165) is 32.1 Å². The van der Waals surface area contributed by atoms with Crippen molar-refractivity contribution in [2.45, 2.75) is 198 Å². The molecule has 18 heteroatoms. The second-order valence-electron chi connectivity index (χ2n) is 23.3. The van der Waals surface area contributed by atoms with Crippen LogP contribution >= 0.6 is 0 Å². The molecule has 0 amide bonds. The number of aliphatic hydroxyl groups is 10. The molecule has 8 aliphatic rings. The molecule has 372 valence electrons. The number of ether oxygens (including phenoxy) is 6. The van der Waals surface area contributed by atoms with Gasteiger partial charge in [0.25, 0.3) is 0 Å². The highest BCUT2D eigenvalue weighted by atomic mass is 16.8. The first-order chi connectivity index (χ1) is 30.3. The number of aliphatic hydroxyl groups excluding tert-OH is 9. The van der Waals surface area contributed by atoms with E-state index in [2.05, 4.69) is 54.5 Å². The van der Waals surface area contributed by atoms with Gasteiger partial charge in [0.05, 0.1) is 38.6 Å². The lowest BCUT2D eigenvalue weighted by atomic mass is 9.33. The number of carboxylic acids is 1. The lowest BCUT2D eigenvalue weighted by molar-refractivity contribution is -0.388. The number of carbonyl (C=O) groups is 1. The molecule has 18 nitrogen and oxygen atoms in total. The quantitative estimate of drug-likeness (QED) is 0.104. The van der Waals surface area contributed by atoms with Gasteiger partial charge in [-0.15, -0.1) is 0 Å². The van der Waals surface area contributed by atoms with Gasteiger partial charge in [-0.2, -0.15) is 0 Å². The van der Waals surface area contributed by atoms with E-state index in [1.807, 2.05) is 0 Å². The van der Waals surface area contributed by atoms with Gasteiger partial charge in [-0.25, -0.2) is 0 Å². The Morgan fingerprint density at radius 3 is 1.86 bits per heavy atom. The van der Waals surface area contributed by atoms with E-state index in [1.165, 1.54) is 5.57 Å². The van der Waals surface area contributed by atoms with Crippen LogP contribution in [0.5, 0.6) is 0 Å². The van der Waals surface area contributed by atoms with Crippen molar-refractivity contribution in [2.24, 2.45) is 50.2 Å². The van der Waals surface area contributed by atoms with E-state index in [1.54, 1.807) is 0 Å². The molecule has 5 aliphatic carbocycles. The topological polar surface area (TPSA) is 295 Å². The summed E-state index contributed by atoms with van der Waals surface area (Å²) in [5.41, 5.74) is -3.59. The van der Waals surface area contributed by atoms with Crippen LogP contribution in [-0.2, 0) is 33.2 Å². The molecule has 0 aromatic heterocycles. The van der Waals surface area contributed by atoms with Crippen molar-refractivity contribution < 1.29 is 89.4 Å². The fourth-order valence-corrected chi connectivity index (χ4v) is 15.0. The maximum atomic E-state index is 13.2. The molecule has 3 heterocycles. The molecule has 65 heavy (non-hydrogen) atoms. The van der Waals surface area contributed by atoms with Crippen molar-refractivity contribution in [1.82, 2.24) is 0 Å². The molecule has 3 saturated heterocycles. The fraction of sp³-hybridized carbons (Fsp3) is 0.936. The summed E-state index contributed by atoms with van der Waals surface area (Å²) in [7, 11) is 0. The Balaban J connectivity index is 1.06. The van der Waals surface area contributed by atoms with Crippen molar-refractivity contribution in [2.75, 3.05) is 26.4 Å². The van der Waals surface area contributed by atoms with Gasteiger partial charge in [-0.3, -0.25) is 4.79 Å². The molecule has 0 spiro atoms. The minimum Gasteiger partial charge on any atom is -0.481 e. The number of hydrogen-bond donors (Lipinski definition) is 11. The van der Waals surface area contributed by atoms with Crippen molar-refractivity contribution in [1.29, 1.82) is 0 Å². The van der Waals surface area contributed by atoms with E-state index in [4.69, 9.17) is 28.4 Å². The summed E-state index contributed by atoms with van der Waals surface area (Å²) in [6, 6.07) is 0. The zero-order valence-electron chi connectivity index (χ0n) is 38.9. The molecule has 0 bridgehead atoms. The van der Waals surface area contributed by atoms with Crippen molar-refractivity contribution in [3.8, 4) is 0 Å². The monoisotopic (exact) mass is 929 g/mol. The van der Waals surface area contributed by atoms with E-state index in [0.29, 0.717) is 25.7 Å². The summed E-state index contributed by atoms with van der Waals surface area (Å²) < 4.78 is 36.4. The lowest BCUT2D eigenvalue weighted by Crippen LogP contribution is -2.68. The van der Waals surface area contributed by atoms with Crippen LogP contribution in [-0.4, -0.2) is 180 Å². The van der Waals surface area contributed by atoms with Gasteiger partial charge in [-0.1, -0.05) is 60.1 Å². The van der Waals surface area contributed by atoms with Crippen LogP contribution in [0.2, 0.25) is 0 Å². The van der Waals surface area contributed by atoms with Crippen LogP contribution in [0.3, 0.4) is 0 Å². The standard InChI is InChI=1S/C47H76O18/c1-41(2)14-15-47(40(57)58)23(16-41)22-8-9-27-43(5)12-11-29(42(3,4)26(43)10-13-44(27,6)45(22,7)17-28(47)51)63-37-34(32(54)30(52)24(18-48)61-37)64-38-35(33(55)31(53)25(19-49)62-38)65-39-36(56)46(59,20-50)21-60-39/h8,23-39,48-56,59H,9-21H2,1-7H3,(H,57,58)/t23-,24-,25+,26-,27-,28+,29+,30-,31+,32+,33-,34-,35-,36+,37+,38-,39-,43+,44+,45-,46-,47-/m0/s1. The summed E-state index contributed by atoms with van der Waals surface area (Å²) in [6.07, 6.45) is -12.8. The van der Waals surface area contributed by atoms with Gasteiger partial charge in [-0.05, 0) is 103 Å². The summed E-state index contributed by atoms with van der Waals surface area (Å²) in [5, 5.41) is 119. The van der Waals surface area contributed by atoms with Gasteiger partial charge in [0.1, 0.15) is 66.0 Å². The highest BCUT2D eigenvalue weighted by Gasteiger charge is 2.71. The maximum absolute atomic E-state index is 13.2. The minimum atomic E-state index is -2.10. The van der Waals surface area contributed by atoms with Crippen LogP contribution in [0, 0.1) is 50.2 Å². The lowest BCUT2D eigenvalue weighted by Gasteiger charge is -2.71. The van der Waals surface area contributed by atoms with E-state index in [9.17, 15) is 61.0 Å². The molecule has 0 aromatic carbocycles. The third-order valence-corrected chi connectivity index (χ3v) is 19.1. The number of allylic oxidation sites excluding steroid dienone is 2. The summed E-state index contributed by atoms with van der Waals surface area (Å²) >= 11 is 0. The fourth-order valence-electron chi connectivity index (χ4n) is 15.0. The Bertz CT molecular complexity index is 1800.